The summed E-state index contributed by atoms with van der Waals surface area (Å²) in [6.45, 7) is 2.04. The molecule has 0 unspecified atom stereocenters. The maximum Gasteiger partial charge on any atom is 0.406 e. The van der Waals surface area contributed by atoms with Gasteiger partial charge in [-0.25, -0.2) is 0 Å². The Labute approximate surface area is 154 Å². The van der Waals surface area contributed by atoms with Crippen molar-refractivity contribution in [2.45, 2.75) is 13.3 Å². The standard InChI is InChI=1S/C18H17N3O6/c1-2-8-20-13-9-12(5-6-15(13)27-11-17(20)23)14(22)10-26-16-4-3-7-19-18(16)21(24)25/h3-7,9H,2,8,10-11H2,1H3. The molecule has 0 spiro atoms. The van der Waals surface area contributed by atoms with Gasteiger partial charge in [-0.05, 0) is 46.7 Å². The molecule has 3 rings (SSSR count). The van der Waals surface area contributed by atoms with Gasteiger partial charge in [-0.1, -0.05) is 6.92 Å². The van der Waals surface area contributed by atoms with Crippen LogP contribution in [-0.2, 0) is 4.79 Å². The molecule has 9 heteroatoms. The van der Waals surface area contributed by atoms with E-state index in [2.05, 4.69) is 4.98 Å². The van der Waals surface area contributed by atoms with Gasteiger partial charge >= 0.3 is 5.82 Å². The van der Waals surface area contributed by atoms with E-state index in [0.717, 1.165) is 6.42 Å². The number of rotatable bonds is 7. The second-order valence-corrected chi connectivity index (χ2v) is 5.81. The molecule has 1 aliphatic heterocycles. The van der Waals surface area contributed by atoms with Crippen molar-refractivity contribution in [2.75, 3.05) is 24.7 Å². The van der Waals surface area contributed by atoms with Gasteiger partial charge in [0.2, 0.25) is 5.75 Å². The van der Waals surface area contributed by atoms with Gasteiger partial charge in [0.05, 0.1) is 5.69 Å². The van der Waals surface area contributed by atoms with Gasteiger partial charge in [0.1, 0.15) is 11.9 Å². The highest BCUT2D eigenvalue weighted by Gasteiger charge is 2.26. The van der Waals surface area contributed by atoms with Crippen molar-refractivity contribution < 1.29 is 24.0 Å². The molecule has 1 aromatic carbocycles. The summed E-state index contributed by atoms with van der Waals surface area (Å²) < 4.78 is 10.7. The van der Waals surface area contributed by atoms with Crippen molar-refractivity contribution in [2.24, 2.45) is 0 Å². The average Bonchev–Trinajstić information content (AvgIpc) is 2.68. The second-order valence-electron chi connectivity index (χ2n) is 5.81. The van der Waals surface area contributed by atoms with Gasteiger partial charge in [0, 0.05) is 12.1 Å². The van der Waals surface area contributed by atoms with Crippen LogP contribution in [0.15, 0.2) is 36.5 Å². The minimum atomic E-state index is -0.676. The Morgan fingerprint density at radius 1 is 1.41 bits per heavy atom. The summed E-state index contributed by atoms with van der Waals surface area (Å²) in [5.74, 6) is -0.561. The summed E-state index contributed by atoms with van der Waals surface area (Å²) in [4.78, 5) is 40.0. The van der Waals surface area contributed by atoms with Crippen LogP contribution in [0, 0.1) is 10.1 Å². The van der Waals surface area contributed by atoms with E-state index in [-0.39, 0.29) is 24.0 Å². The molecule has 1 aromatic heterocycles. The lowest BCUT2D eigenvalue weighted by Gasteiger charge is -2.29. The van der Waals surface area contributed by atoms with E-state index in [0.29, 0.717) is 23.5 Å². The fraction of sp³-hybridized carbons (Fsp3) is 0.278. The first-order valence-electron chi connectivity index (χ1n) is 8.34. The van der Waals surface area contributed by atoms with E-state index in [1.54, 1.807) is 23.1 Å². The van der Waals surface area contributed by atoms with Gasteiger partial charge in [-0.2, -0.15) is 0 Å². The quantitative estimate of drug-likeness (QED) is 0.417. The van der Waals surface area contributed by atoms with Gasteiger partial charge in [0.15, 0.2) is 19.0 Å². The summed E-state index contributed by atoms with van der Waals surface area (Å²) in [6, 6.07) is 7.63. The molecule has 2 aromatic rings. The number of anilines is 1. The number of nitrogens with zero attached hydrogens (tertiary/aromatic N) is 3. The lowest BCUT2D eigenvalue weighted by Crippen LogP contribution is -2.39. The molecule has 0 radical (unpaired) electrons. The summed E-state index contributed by atoms with van der Waals surface area (Å²) >= 11 is 0. The molecule has 0 atom stereocenters. The van der Waals surface area contributed by atoms with E-state index in [1.165, 1.54) is 18.3 Å². The van der Waals surface area contributed by atoms with E-state index < -0.39 is 17.3 Å². The van der Waals surface area contributed by atoms with Crippen LogP contribution >= 0.6 is 0 Å². The fourth-order valence-electron chi connectivity index (χ4n) is 2.70. The van der Waals surface area contributed by atoms with Crippen LogP contribution in [0.25, 0.3) is 0 Å². The highest BCUT2D eigenvalue weighted by molar-refractivity contribution is 6.02. The van der Waals surface area contributed by atoms with E-state index >= 15 is 0 Å². The summed E-state index contributed by atoms with van der Waals surface area (Å²) in [5.41, 5.74) is 0.853. The Kier molecular flexibility index (Phi) is 5.30. The average molecular weight is 371 g/mol. The number of benzene rings is 1. The van der Waals surface area contributed by atoms with Gasteiger partial charge in [0.25, 0.3) is 5.91 Å². The third-order valence-electron chi connectivity index (χ3n) is 3.95. The second kappa shape index (κ2) is 7.81. The number of carbonyl (C=O) groups excluding carboxylic acids is 2. The summed E-state index contributed by atoms with van der Waals surface area (Å²) in [7, 11) is 0. The first-order valence-corrected chi connectivity index (χ1v) is 8.34. The van der Waals surface area contributed by atoms with Crippen LogP contribution in [0.5, 0.6) is 11.5 Å². The van der Waals surface area contributed by atoms with Gasteiger partial charge in [-0.15, -0.1) is 0 Å². The monoisotopic (exact) mass is 371 g/mol. The van der Waals surface area contributed by atoms with Crippen LogP contribution in [0.4, 0.5) is 11.5 Å². The predicted molar refractivity (Wildman–Crippen MR) is 95.3 cm³/mol. The highest BCUT2D eigenvalue weighted by Crippen LogP contribution is 2.33. The number of ketones is 1. The number of pyridine rings is 1. The number of hydrogen-bond donors (Lipinski definition) is 0. The van der Waals surface area contributed by atoms with Crippen molar-refractivity contribution in [3.05, 3.63) is 52.2 Å². The Bertz CT molecular complexity index is 898. The van der Waals surface area contributed by atoms with Crippen molar-refractivity contribution in [3.63, 3.8) is 0 Å². The maximum absolute atomic E-state index is 12.5. The molecule has 0 fully saturated rings. The number of nitro groups is 1. The lowest BCUT2D eigenvalue weighted by atomic mass is 10.1. The number of Topliss-reactive ketones (excluding diaryl/α,β-unsaturated/α-hetero) is 1. The number of amides is 1. The van der Waals surface area contributed by atoms with E-state index in [1.807, 2.05) is 6.92 Å². The van der Waals surface area contributed by atoms with E-state index in [9.17, 15) is 19.7 Å². The first-order chi connectivity index (χ1) is 13.0. The Hall–Kier alpha value is -3.49. The molecule has 0 bridgehead atoms. The lowest BCUT2D eigenvalue weighted by molar-refractivity contribution is -0.390. The third kappa shape index (κ3) is 3.86. The zero-order valence-electron chi connectivity index (χ0n) is 14.6. The smallest absolute Gasteiger partial charge is 0.406 e. The largest absolute Gasteiger partial charge is 0.482 e. The van der Waals surface area contributed by atoms with Gasteiger partial charge in [-0.3, -0.25) is 9.59 Å². The van der Waals surface area contributed by atoms with Crippen LogP contribution in [0.3, 0.4) is 0 Å². The van der Waals surface area contributed by atoms with Crippen LogP contribution in [-0.4, -0.2) is 41.4 Å². The molecule has 1 amide bonds. The Morgan fingerprint density at radius 3 is 2.96 bits per heavy atom. The first kappa shape index (κ1) is 18.3. The van der Waals surface area contributed by atoms with Crippen molar-refractivity contribution >= 4 is 23.2 Å². The van der Waals surface area contributed by atoms with Crippen molar-refractivity contribution in [1.82, 2.24) is 4.98 Å². The molecule has 0 N–H and O–H groups in total. The summed E-state index contributed by atoms with van der Waals surface area (Å²) in [5, 5.41) is 11.0. The van der Waals surface area contributed by atoms with Crippen LogP contribution < -0.4 is 14.4 Å². The molecule has 2 heterocycles. The zero-order chi connectivity index (χ0) is 19.4. The number of aromatic nitrogens is 1. The molecule has 0 aliphatic carbocycles. The third-order valence-corrected chi connectivity index (χ3v) is 3.95. The molecular formula is C18H17N3O6. The molecular weight excluding hydrogens is 354 g/mol. The van der Waals surface area contributed by atoms with E-state index in [4.69, 9.17) is 9.47 Å². The molecule has 0 saturated heterocycles. The minimum absolute atomic E-state index is 0.0337. The molecule has 9 nitrogen and oxygen atoms in total. The normalized spacial score (nSPS) is 12.9. The highest BCUT2D eigenvalue weighted by atomic mass is 16.6. The maximum atomic E-state index is 12.5. The molecule has 1 aliphatic rings. The van der Waals surface area contributed by atoms with Gasteiger partial charge < -0.3 is 24.5 Å². The minimum Gasteiger partial charge on any atom is -0.482 e. The summed E-state index contributed by atoms with van der Waals surface area (Å²) in [6.07, 6.45) is 2.03. The van der Waals surface area contributed by atoms with Crippen LogP contribution in [0.2, 0.25) is 0 Å². The van der Waals surface area contributed by atoms with Crippen molar-refractivity contribution in [3.8, 4) is 11.5 Å². The fourth-order valence-corrected chi connectivity index (χ4v) is 2.70. The number of carbonyl (C=O) groups is 2. The SMILES string of the molecule is CCCN1C(=O)COc2ccc(C(=O)COc3cccnc3[N+](=O)[O-])cc21. The Morgan fingerprint density at radius 2 is 2.22 bits per heavy atom. The number of hydrogen-bond acceptors (Lipinski definition) is 7. The van der Waals surface area contributed by atoms with Crippen molar-refractivity contribution in [1.29, 1.82) is 0 Å². The predicted octanol–water partition coefficient (Wildman–Crippen LogP) is 2.39. The molecule has 0 saturated carbocycles. The number of ether oxygens (including phenoxy) is 2. The van der Waals surface area contributed by atoms with Crippen LogP contribution in [0.1, 0.15) is 23.7 Å². The molecule has 27 heavy (non-hydrogen) atoms. The Balaban J connectivity index is 1.78. The topological polar surface area (TPSA) is 112 Å². The number of fused-ring (bicyclic) bond motifs is 1. The molecule has 140 valence electrons. The zero-order valence-corrected chi connectivity index (χ0v) is 14.6.